The van der Waals surface area contributed by atoms with Crippen LogP contribution in [0.25, 0.3) is 0 Å². The van der Waals surface area contributed by atoms with E-state index in [4.69, 9.17) is 9.47 Å². The van der Waals surface area contributed by atoms with Crippen LogP contribution < -0.4 is 9.47 Å². The zero-order valence-electron chi connectivity index (χ0n) is 15.3. The minimum absolute atomic E-state index is 0.348. The number of carbonyl (C=O) groups excluding carboxylic acids is 2. The highest BCUT2D eigenvalue weighted by Gasteiger charge is 2.37. The van der Waals surface area contributed by atoms with Gasteiger partial charge < -0.3 is 9.47 Å². The average molecular weight is 345 g/mol. The number of piperidine rings is 1. The summed E-state index contributed by atoms with van der Waals surface area (Å²) in [5, 5.41) is 0. The number of rotatable bonds is 4. The number of nitrogens with zero attached hydrogens (tertiary/aromatic N) is 1. The maximum Gasteiger partial charge on any atom is 0.308 e. The van der Waals surface area contributed by atoms with Gasteiger partial charge in [-0.1, -0.05) is 13.0 Å². The molecule has 0 aromatic heterocycles. The average Bonchev–Trinajstić information content (AvgIpc) is 2.55. The summed E-state index contributed by atoms with van der Waals surface area (Å²) in [5.74, 6) is 0.552. The van der Waals surface area contributed by atoms with E-state index in [2.05, 4.69) is 11.8 Å². The molecular formula is C20H27NO4. The second-order valence-electron chi connectivity index (χ2n) is 7.13. The molecule has 25 heavy (non-hydrogen) atoms. The predicted octanol–water partition coefficient (Wildman–Crippen LogP) is 3.13. The lowest BCUT2D eigenvalue weighted by Gasteiger charge is -2.45. The van der Waals surface area contributed by atoms with Gasteiger partial charge in [-0.3, -0.25) is 14.5 Å². The molecule has 5 nitrogen and oxygen atoms in total. The fraction of sp³-hybridized carbons (Fsp3) is 0.600. The largest absolute Gasteiger partial charge is 0.423 e. The molecule has 1 fully saturated rings. The molecule has 0 saturated carbocycles. The fourth-order valence-electron chi connectivity index (χ4n) is 4.35. The van der Waals surface area contributed by atoms with Gasteiger partial charge in [0.1, 0.15) is 0 Å². The van der Waals surface area contributed by atoms with Crippen molar-refractivity contribution in [3.05, 3.63) is 23.3 Å². The normalized spacial score (nSPS) is 22.7. The number of hydrogen-bond acceptors (Lipinski definition) is 5. The number of carbonyl (C=O) groups is 2. The molecule has 0 radical (unpaired) electrons. The van der Waals surface area contributed by atoms with Crippen molar-refractivity contribution in [2.45, 2.75) is 58.9 Å². The van der Waals surface area contributed by atoms with Crippen LogP contribution in [-0.4, -0.2) is 36.0 Å². The van der Waals surface area contributed by atoms with Crippen molar-refractivity contribution in [1.82, 2.24) is 4.90 Å². The van der Waals surface area contributed by atoms with Crippen LogP contribution in [0.15, 0.2) is 12.1 Å². The molecule has 1 aliphatic carbocycles. The Morgan fingerprint density at radius 1 is 1.16 bits per heavy atom. The molecule has 1 heterocycles. The number of likely N-dealkylation sites (tertiary alicyclic amines) is 1. The van der Waals surface area contributed by atoms with Gasteiger partial charge in [-0.25, -0.2) is 0 Å². The summed E-state index contributed by atoms with van der Waals surface area (Å²) in [6.07, 6.45) is 5.41. The fourth-order valence-corrected chi connectivity index (χ4v) is 4.35. The molecule has 0 spiro atoms. The monoisotopic (exact) mass is 345 g/mol. The molecule has 1 aromatic rings. The number of hydrogen-bond donors (Lipinski definition) is 0. The maximum absolute atomic E-state index is 11.6. The van der Waals surface area contributed by atoms with Crippen molar-refractivity contribution >= 4 is 11.9 Å². The minimum atomic E-state index is -0.408. The number of esters is 2. The van der Waals surface area contributed by atoms with Crippen molar-refractivity contribution in [2.24, 2.45) is 5.92 Å². The second-order valence-corrected chi connectivity index (χ2v) is 7.13. The summed E-state index contributed by atoms with van der Waals surface area (Å²) < 4.78 is 10.8. The third kappa shape index (κ3) is 3.87. The SMILES string of the molecule is CCCN1CCC[C@@H]2Cc3c(ccc(OC(C)=O)c3OC(C)=O)C[C@H]21. The van der Waals surface area contributed by atoms with E-state index in [9.17, 15) is 9.59 Å². The molecule has 0 bridgehead atoms. The van der Waals surface area contributed by atoms with E-state index < -0.39 is 5.97 Å². The summed E-state index contributed by atoms with van der Waals surface area (Å²) in [6.45, 7) is 7.28. The molecule has 2 atom stereocenters. The Balaban J connectivity index is 1.96. The van der Waals surface area contributed by atoms with Crippen LogP contribution in [-0.2, 0) is 22.4 Å². The predicted molar refractivity (Wildman–Crippen MR) is 94.8 cm³/mol. The van der Waals surface area contributed by atoms with E-state index >= 15 is 0 Å². The van der Waals surface area contributed by atoms with Crippen LogP contribution in [0.1, 0.15) is 51.2 Å². The Bertz CT molecular complexity index is 668. The lowest BCUT2D eigenvalue weighted by Crippen LogP contribution is -2.49. The molecule has 0 amide bonds. The Kier molecular flexibility index (Phi) is 5.42. The smallest absolute Gasteiger partial charge is 0.308 e. The Labute approximate surface area is 149 Å². The summed E-state index contributed by atoms with van der Waals surface area (Å²) in [5.41, 5.74) is 2.24. The van der Waals surface area contributed by atoms with Gasteiger partial charge in [0.05, 0.1) is 0 Å². The standard InChI is InChI=1S/C20H27NO4/c1-4-9-21-10-5-6-16-11-17-15(12-18(16)21)7-8-19(24-13(2)22)20(17)25-14(3)23/h7-8,16,18H,4-6,9-12H2,1-3H3/t16-,18-/m1/s1. The number of benzene rings is 1. The van der Waals surface area contributed by atoms with Crippen LogP contribution >= 0.6 is 0 Å². The molecule has 5 heteroatoms. The van der Waals surface area contributed by atoms with Crippen LogP contribution in [0, 0.1) is 5.92 Å². The van der Waals surface area contributed by atoms with Gasteiger partial charge >= 0.3 is 11.9 Å². The van der Waals surface area contributed by atoms with E-state index in [0.29, 0.717) is 23.5 Å². The molecule has 3 rings (SSSR count). The van der Waals surface area contributed by atoms with E-state index in [0.717, 1.165) is 24.9 Å². The minimum Gasteiger partial charge on any atom is -0.423 e. The van der Waals surface area contributed by atoms with Crippen LogP contribution in [0.5, 0.6) is 11.5 Å². The highest BCUT2D eigenvalue weighted by Crippen LogP contribution is 2.43. The van der Waals surface area contributed by atoms with Crippen molar-refractivity contribution in [3.63, 3.8) is 0 Å². The second kappa shape index (κ2) is 7.56. The van der Waals surface area contributed by atoms with E-state index in [1.54, 1.807) is 6.07 Å². The molecule has 0 N–H and O–H groups in total. The molecule has 2 aliphatic rings. The molecule has 0 unspecified atom stereocenters. The summed E-state index contributed by atoms with van der Waals surface area (Å²) in [6, 6.07) is 4.34. The van der Waals surface area contributed by atoms with Crippen LogP contribution in [0.3, 0.4) is 0 Å². The lowest BCUT2D eigenvalue weighted by atomic mass is 9.75. The third-order valence-corrected chi connectivity index (χ3v) is 5.26. The molecule has 1 aliphatic heterocycles. The van der Waals surface area contributed by atoms with Gasteiger partial charge in [0.25, 0.3) is 0 Å². The van der Waals surface area contributed by atoms with Gasteiger partial charge in [0, 0.05) is 25.5 Å². The first-order valence-corrected chi connectivity index (χ1v) is 9.25. The molecule has 1 saturated heterocycles. The molecular weight excluding hydrogens is 318 g/mol. The topological polar surface area (TPSA) is 55.8 Å². The highest BCUT2D eigenvalue weighted by molar-refractivity contribution is 5.75. The highest BCUT2D eigenvalue weighted by atomic mass is 16.6. The van der Waals surface area contributed by atoms with E-state index in [-0.39, 0.29) is 5.97 Å². The first kappa shape index (κ1) is 17.9. The molecule has 136 valence electrons. The summed E-state index contributed by atoms with van der Waals surface area (Å²) in [4.78, 5) is 25.6. The third-order valence-electron chi connectivity index (χ3n) is 5.26. The first-order chi connectivity index (χ1) is 12.0. The zero-order valence-corrected chi connectivity index (χ0v) is 15.3. The Hall–Kier alpha value is -1.88. The summed E-state index contributed by atoms with van der Waals surface area (Å²) >= 11 is 0. The maximum atomic E-state index is 11.6. The van der Waals surface area contributed by atoms with Gasteiger partial charge in [-0.2, -0.15) is 0 Å². The van der Waals surface area contributed by atoms with Crippen LogP contribution in [0.4, 0.5) is 0 Å². The van der Waals surface area contributed by atoms with Gasteiger partial charge in [-0.05, 0) is 62.7 Å². The van der Waals surface area contributed by atoms with Gasteiger partial charge in [0.15, 0.2) is 11.5 Å². The lowest BCUT2D eigenvalue weighted by molar-refractivity contribution is -0.134. The quantitative estimate of drug-likeness (QED) is 0.620. The van der Waals surface area contributed by atoms with Crippen LogP contribution in [0.2, 0.25) is 0 Å². The first-order valence-electron chi connectivity index (χ1n) is 9.25. The Morgan fingerprint density at radius 2 is 1.92 bits per heavy atom. The van der Waals surface area contributed by atoms with E-state index in [1.807, 2.05) is 6.07 Å². The number of ether oxygens (including phenoxy) is 2. The summed E-state index contributed by atoms with van der Waals surface area (Å²) in [7, 11) is 0. The van der Waals surface area contributed by atoms with E-state index in [1.165, 1.54) is 45.2 Å². The molecule has 1 aromatic carbocycles. The van der Waals surface area contributed by atoms with Gasteiger partial charge in [0.2, 0.25) is 0 Å². The zero-order chi connectivity index (χ0) is 18.0. The Morgan fingerprint density at radius 3 is 2.60 bits per heavy atom. The van der Waals surface area contributed by atoms with Crippen molar-refractivity contribution in [1.29, 1.82) is 0 Å². The van der Waals surface area contributed by atoms with Crippen molar-refractivity contribution < 1.29 is 19.1 Å². The van der Waals surface area contributed by atoms with Gasteiger partial charge in [-0.15, -0.1) is 0 Å². The van der Waals surface area contributed by atoms with Crippen molar-refractivity contribution in [2.75, 3.05) is 13.1 Å². The number of fused-ring (bicyclic) bond motifs is 2. The van der Waals surface area contributed by atoms with Crippen molar-refractivity contribution in [3.8, 4) is 11.5 Å².